The summed E-state index contributed by atoms with van der Waals surface area (Å²) in [6, 6.07) is 15.0. The van der Waals surface area contributed by atoms with Crippen molar-refractivity contribution >= 4 is 23.5 Å². The SMILES string of the molecule is CC(C(=O)O)N(Cc1ccccc1)C(=O)COc1cccc(NC(=O)C2CC2)c1. The number of carbonyl (C=O) groups excluding carboxylic acids is 2. The minimum Gasteiger partial charge on any atom is -0.484 e. The summed E-state index contributed by atoms with van der Waals surface area (Å²) in [4.78, 5) is 37.3. The van der Waals surface area contributed by atoms with Crippen molar-refractivity contribution < 1.29 is 24.2 Å². The smallest absolute Gasteiger partial charge is 0.326 e. The largest absolute Gasteiger partial charge is 0.484 e. The van der Waals surface area contributed by atoms with E-state index in [4.69, 9.17) is 4.74 Å². The first-order valence-corrected chi connectivity index (χ1v) is 9.54. The average Bonchev–Trinajstić information content (AvgIpc) is 3.56. The van der Waals surface area contributed by atoms with Crippen molar-refractivity contribution in [1.82, 2.24) is 4.90 Å². The van der Waals surface area contributed by atoms with Gasteiger partial charge in [0, 0.05) is 24.2 Å². The molecule has 1 aliphatic rings. The molecule has 0 radical (unpaired) electrons. The lowest BCUT2D eigenvalue weighted by Gasteiger charge is -2.26. The molecule has 7 heteroatoms. The van der Waals surface area contributed by atoms with Gasteiger partial charge in [-0.05, 0) is 37.5 Å². The van der Waals surface area contributed by atoms with E-state index in [1.54, 1.807) is 24.3 Å². The zero-order valence-corrected chi connectivity index (χ0v) is 16.2. The van der Waals surface area contributed by atoms with Crippen molar-refractivity contribution in [2.75, 3.05) is 11.9 Å². The number of carboxylic acid groups (broad SMARTS) is 1. The molecule has 2 N–H and O–H groups in total. The van der Waals surface area contributed by atoms with E-state index in [0.717, 1.165) is 18.4 Å². The van der Waals surface area contributed by atoms with Crippen LogP contribution in [0.25, 0.3) is 0 Å². The van der Waals surface area contributed by atoms with Crippen LogP contribution in [0, 0.1) is 5.92 Å². The summed E-state index contributed by atoms with van der Waals surface area (Å²) < 4.78 is 5.58. The van der Waals surface area contributed by atoms with E-state index in [2.05, 4.69) is 5.32 Å². The van der Waals surface area contributed by atoms with Crippen LogP contribution in [0.15, 0.2) is 54.6 Å². The van der Waals surface area contributed by atoms with Crippen LogP contribution < -0.4 is 10.1 Å². The maximum absolute atomic E-state index is 12.7. The van der Waals surface area contributed by atoms with E-state index in [1.165, 1.54) is 11.8 Å². The zero-order valence-electron chi connectivity index (χ0n) is 16.2. The summed E-state index contributed by atoms with van der Waals surface area (Å²) in [5.41, 5.74) is 1.44. The second kappa shape index (κ2) is 9.23. The van der Waals surface area contributed by atoms with Crippen molar-refractivity contribution in [1.29, 1.82) is 0 Å². The lowest BCUT2D eigenvalue weighted by molar-refractivity contribution is -0.150. The van der Waals surface area contributed by atoms with Crippen LogP contribution in [-0.2, 0) is 20.9 Å². The number of carboxylic acids is 1. The molecule has 3 rings (SSSR count). The zero-order chi connectivity index (χ0) is 20.8. The third-order valence-corrected chi connectivity index (χ3v) is 4.75. The first kappa shape index (κ1) is 20.4. The molecule has 0 spiro atoms. The number of carbonyl (C=O) groups is 3. The molecule has 7 nitrogen and oxygen atoms in total. The predicted molar refractivity (Wildman–Crippen MR) is 107 cm³/mol. The van der Waals surface area contributed by atoms with Gasteiger partial charge in [-0.2, -0.15) is 0 Å². The van der Waals surface area contributed by atoms with E-state index < -0.39 is 17.9 Å². The van der Waals surface area contributed by atoms with Crippen molar-refractivity contribution in [3.05, 3.63) is 60.2 Å². The Labute approximate surface area is 169 Å². The second-order valence-corrected chi connectivity index (χ2v) is 7.10. The van der Waals surface area contributed by atoms with Crippen molar-refractivity contribution in [2.24, 2.45) is 5.92 Å². The van der Waals surface area contributed by atoms with Gasteiger partial charge < -0.3 is 20.1 Å². The van der Waals surface area contributed by atoms with Gasteiger partial charge in [0.15, 0.2) is 6.61 Å². The van der Waals surface area contributed by atoms with Gasteiger partial charge in [-0.3, -0.25) is 9.59 Å². The molecule has 0 heterocycles. The van der Waals surface area contributed by atoms with Gasteiger partial charge in [-0.15, -0.1) is 0 Å². The van der Waals surface area contributed by atoms with E-state index in [0.29, 0.717) is 11.4 Å². The number of hydrogen-bond acceptors (Lipinski definition) is 4. The molecule has 0 bridgehead atoms. The standard InChI is InChI=1S/C22H24N2O5/c1-15(22(27)28)24(13-16-6-3-2-4-7-16)20(25)14-29-19-9-5-8-18(12-19)23-21(26)17-10-11-17/h2-9,12,15,17H,10-11,13-14H2,1H3,(H,23,26)(H,27,28). The second-order valence-electron chi connectivity index (χ2n) is 7.10. The van der Waals surface area contributed by atoms with Gasteiger partial charge in [0.2, 0.25) is 5.91 Å². The van der Waals surface area contributed by atoms with Crippen molar-refractivity contribution in [3.63, 3.8) is 0 Å². The molecule has 2 aromatic carbocycles. The van der Waals surface area contributed by atoms with E-state index in [-0.39, 0.29) is 25.0 Å². The van der Waals surface area contributed by atoms with E-state index >= 15 is 0 Å². The average molecular weight is 396 g/mol. The van der Waals surface area contributed by atoms with Gasteiger partial charge in [0.25, 0.3) is 5.91 Å². The fraction of sp³-hybridized carbons (Fsp3) is 0.318. The van der Waals surface area contributed by atoms with Crippen LogP contribution >= 0.6 is 0 Å². The normalized spacial score (nSPS) is 14.0. The highest BCUT2D eigenvalue weighted by atomic mass is 16.5. The maximum Gasteiger partial charge on any atom is 0.326 e. The monoisotopic (exact) mass is 396 g/mol. The summed E-state index contributed by atoms with van der Waals surface area (Å²) in [5, 5.41) is 12.2. The highest BCUT2D eigenvalue weighted by Gasteiger charge is 2.29. The molecule has 1 saturated carbocycles. The van der Waals surface area contributed by atoms with Crippen LogP contribution in [-0.4, -0.2) is 40.4 Å². The Morgan fingerprint density at radius 1 is 1.14 bits per heavy atom. The molecule has 1 unspecified atom stereocenters. The molecule has 1 aliphatic carbocycles. The number of ether oxygens (including phenoxy) is 1. The van der Waals surface area contributed by atoms with Crippen LogP contribution in [0.3, 0.4) is 0 Å². The number of aliphatic carboxylic acids is 1. The summed E-state index contributed by atoms with van der Waals surface area (Å²) in [6.45, 7) is 1.34. The minimum atomic E-state index is -1.08. The van der Waals surface area contributed by atoms with Crippen molar-refractivity contribution in [2.45, 2.75) is 32.4 Å². The Balaban J connectivity index is 1.63. The number of hydrogen-bond donors (Lipinski definition) is 2. The van der Waals surface area contributed by atoms with Gasteiger partial charge in [0.05, 0.1) is 0 Å². The Kier molecular flexibility index (Phi) is 6.49. The first-order chi connectivity index (χ1) is 13.9. The van der Waals surface area contributed by atoms with E-state index in [9.17, 15) is 19.5 Å². The minimum absolute atomic E-state index is 0.0115. The van der Waals surface area contributed by atoms with Gasteiger partial charge >= 0.3 is 5.97 Å². The molecule has 0 saturated heterocycles. The summed E-state index contributed by atoms with van der Waals surface area (Å²) >= 11 is 0. The number of benzene rings is 2. The molecule has 152 valence electrons. The van der Waals surface area contributed by atoms with Crippen LogP contribution in [0.5, 0.6) is 5.75 Å². The third kappa shape index (κ3) is 5.81. The molecule has 1 fully saturated rings. The Bertz CT molecular complexity index is 880. The summed E-state index contributed by atoms with van der Waals surface area (Å²) in [7, 11) is 0. The number of nitrogens with one attached hydrogen (secondary N) is 1. The lowest BCUT2D eigenvalue weighted by Crippen LogP contribution is -2.44. The highest BCUT2D eigenvalue weighted by molar-refractivity contribution is 5.94. The number of anilines is 1. The molecule has 1 atom stereocenters. The van der Waals surface area contributed by atoms with Crippen LogP contribution in [0.2, 0.25) is 0 Å². The highest BCUT2D eigenvalue weighted by Crippen LogP contribution is 2.30. The Morgan fingerprint density at radius 3 is 2.52 bits per heavy atom. The molecular formula is C22H24N2O5. The predicted octanol–water partition coefficient (Wildman–Crippen LogP) is 2.92. The van der Waals surface area contributed by atoms with Crippen molar-refractivity contribution in [3.8, 4) is 5.75 Å². The van der Waals surface area contributed by atoms with Crippen LogP contribution in [0.4, 0.5) is 5.69 Å². The van der Waals surface area contributed by atoms with Gasteiger partial charge in [-0.25, -0.2) is 4.79 Å². The first-order valence-electron chi connectivity index (χ1n) is 9.54. The molecule has 2 aromatic rings. The number of nitrogens with zero attached hydrogens (tertiary/aromatic N) is 1. The van der Waals surface area contributed by atoms with Gasteiger partial charge in [0.1, 0.15) is 11.8 Å². The molecule has 0 aromatic heterocycles. The molecule has 2 amide bonds. The number of amides is 2. The lowest BCUT2D eigenvalue weighted by atomic mass is 10.2. The fourth-order valence-corrected chi connectivity index (χ4v) is 2.84. The maximum atomic E-state index is 12.7. The molecular weight excluding hydrogens is 372 g/mol. The summed E-state index contributed by atoms with van der Waals surface area (Å²) in [6.07, 6.45) is 1.82. The Morgan fingerprint density at radius 2 is 1.86 bits per heavy atom. The fourth-order valence-electron chi connectivity index (χ4n) is 2.84. The molecule has 29 heavy (non-hydrogen) atoms. The third-order valence-electron chi connectivity index (χ3n) is 4.75. The van der Waals surface area contributed by atoms with Gasteiger partial charge in [-0.1, -0.05) is 36.4 Å². The number of rotatable bonds is 9. The quantitative estimate of drug-likeness (QED) is 0.679. The Hall–Kier alpha value is -3.35. The molecule has 0 aliphatic heterocycles. The van der Waals surface area contributed by atoms with E-state index in [1.807, 2.05) is 30.3 Å². The topological polar surface area (TPSA) is 95.9 Å². The van der Waals surface area contributed by atoms with Crippen LogP contribution in [0.1, 0.15) is 25.3 Å². The summed E-state index contributed by atoms with van der Waals surface area (Å²) in [5.74, 6) is -1.02.